The monoisotopic (exact) mass is 376 g/mol. The molecule has 122 valence electrons. The van der Waals surface area contributed by atoms with Crippen LogP contribution in [0.1, 0.15) is 36.8 Å². The van der Waals surface area contributed by atoms with Gasteiger partial charge in [-0.15, -0.1) is 0 Å². The van der Waals surface area contributed by atoms with Crippen LogP contribution in [-0.4, -0.2) is 19.7 Å². The zero-order valence-corrected chi connectivity index (χ0v) is 15.2. The second-order valence-electron chi connectivity index (χ2n) is 5.35. The second-order valence-corrected chi connectivity index (χ2v) is 6.26. The first-order chi connectivity index (χ1) is 11.1. The Morgan fingerprint density at radius 1 is 1.13 bits per heavy atom. The highest BCUT2D eigenvalue weighted by atomic mass is 79.9. The molecule has 0 aliphatic heterocycles. The largest absolute Gasteiger partial charge is 0.497 e. The van der Waals surface area contributed by atoms with Crippen LogP contribution in [0.2, 0.25) is 0 Å². The van der Waals surface area contributed by atoms with Crippen LogP contribution in [0.5, 0.6) is 5.75 Å². The highest BCUT2D eigenvalue weighted by Gasteiger charge is 2.29. The van der Waals surface area contributed by atoms with Crippen LogP contribution in [0, 0.1) is 0 Å². The molecule has 0 spiro atoms. The van der Waals surface area contributed by atoms with Gasteiger partial charge in [-0.1, -0.05) is 47.1 Å². The summed E-state index contributed by atoms with van der Waals surface area (Å²) in [7, 11) is 1.63. The second kappa shape index (κ2) is 8.16. The number of esters is 1. The molecule has 0 saturated heterocycles. The fourth-order valence-electron chi connectivity index (χ4n) is 2.65. The molecule has 0 aromatic heterocycles. The summed E-state index contributed by atoms with van der Waals surface area (Å²) in [5.74, 6) is 0.215. The van der Waals surface area contributed by atoms with E-state index < -0.39 is 0 Å². The summed E-state index contributed by atoms with van der Waals surface area (Å²) in [6.07, 6.45) is 0. The Balaban J connectivity index is 2.38. The third kappa shape index (κ3) is 4.35. The van der Waals surface area contributed by atoms with E-state index >= 15 is 0 Å². The van der Waals surface area contributed by atoms with E-state index in [0.717, 1.165) is 21.3 Å². The highest BCUT2D eigenvalue weighted by molar-refractivity contribution is 9.10. The smallest absolute Gasteiger partial charge is 0.314 e. The molecule has 0 radical (unpaired) electrons. The maximum atomic E-state index is 12.5. The molecule has 2 aromatic rings. The SMILES string of the molecule is CCOC(=O)[C@@H](c1ccc(OC)cc1)[C@H](C)c1cccc(Br)c1. The number of ether oxygens (including phenoxy) is 2. The average molecular weight is 377 g/mol. The van der Waals surface area contributed by atoms with Crippen molar-refractivity contribution >= 4 is 21.9 Å². The van der Waals surface area contributed by atoms with E-state index in [0.29, 0.717) is 6.61 Å². The molecule has 0 N–H and O–H groups in total. The molecule has 0 fully saturated rings. The molecule has 0 amide bonds. The highest BCUT2D eigenvalue weighted by Crippen LogP contribution is 2.35. The summed E-state index contributed by atoms with van der Waals surface area (Å²) >= 11 is 3.49. The van der Waals surface area contributed by atoms with Gasteiger partial charge >= 0.3 is 5.97 Å². The van der Waals surface area contributed by atoms with Crippen molar-refractivity contribution in [1.29, 1.82) is 0 Å². The lowest BCUT2D eigenvalue weighted by atomic mass is 9.82. The number of carbonyl (C=O) groups is 1. The zero-order chi connectivity index (χ0) is 16.8. The zero-order valence-electron chi connectivity index (χ0n) is 13.6. The lowest BCUT2D eigenvalue weighted by Gasteiger charge is -2.23. The molecule has 0 unspecified atom stereocenters. The quantitative estimate of drug-likeness (QED) is 0.672. The first-order valence-corrected chi connectivity index (χ1v) is 8.42. The van der Waals surface area contributed by atoms with Crippen molar-refractivity contribution in [1.82, 2.24) is 0 Å². The molecule has 3 nitrogen and oxygen atoms in total. The molecular formula is C19H21BrO3. The lowest BCUT2D eigenvalue weighted by Crippen LogP contribution is -2.21. The Morgan fingerprint density at radius 3 is 2.39 bits per heavy atom. The van der Waals surface area contributed by atoms with Crippen molar-refractivity contribution in [2.75, 3.05) is 13.7 Å². The number of hydrogen-bond acceptors (Lipinski definition) is 3. The van der Waals surface area contributed by atoms with E-state index in [1.165, 1.54) is 0 Å². The number of rotatable bonds is 6. The summed E-state index contributed by atoms with van der Waals surface area (Å²) in [5.41, 5.74) is 2.02. The predicted molar refractivity (Wildman–Crippen MR) is 94.9 cm³/mol. The van der Waals surface area contributed by atoms with Crippen molar-refractivity contribution in [3.63, 3.8) is 0 Å². The summed E-state index contributed by atoms with van der Waals surface area (Å²) < 4.78 is 11.5. The first kappa shape index (κ1) is 17.5. The van der Waals surface area contributed by atoms with Gasteiger partial charge in [-0.2, -0.15) is 0 Å². The van der Waals surface area contributed by atoms with E-state index in [-0.39, 0.29) is 17.8 Å². The summed E-state index contributed by atoms with van der Waals surface area (Å²) in [4.78, 5) is 12.5. The molecule has 2 atom stereocenters. The van der Waals surface area contributed by atoms with E-state index in [2.05, 4.69) is 15.9 Å². The number of methoxy groups -OCH3 is 1. The Hall–Kier alpha value is -1.81. The third-order valence-corrected chi connectivity index (χ3v) is 4.38. The maximum absolute atomic E-state index is 12.5. The molecule has 23 heavy (non-hydrogen) atoms. The van der Waals surface area contributed by atoms with E-state index in [1.54, 1.807) is 7.11 Å². The standard InChI is InChI=1S/C19H21BrO3/c1-4-23-19(21)18(14-8-10-17(22-3)11-9-14)13(2)15-6-5-7-16(20)12-15/h5-13,18H,4H2,1-3H3/t13-,18-/m1/s1. The fraction of sp³-hybridized carbons (Fsp3) is 0.316. The molecular weight excluding hydrogens is 356 g/mol. The van der Waals surface area contributed by atoms with Crippen LogP contribution >= 0.6 is 15.9 Å². The Labute approximate surface area is 145 Å². The van der Waals surface area contributed by atoms with E-state index in [9.17, 15) is 4.79 Å². The first-order valence-electron chi connectivity index (χ1n) is 7.62. The lowest BCUT2D eigenvalue weighted by molar-refractivity contribution is -0.145. The van der Waals surface area contributed by atoms with Crippen LogP contribution in [0.25, 0.3) is 0 Å². The van der Waals surface area contributed by atoms with E-state index in [1.807, 2.05) is 62.4 Å². The minimum atomic E-state index is -0.352. The molecule has 2 rings (SSSR count). The van der Waals surface area contributed by atoms with Gasteiger partial charge in [0.05, 0.1) is 19.6 Å². The fourth-order valence-corrected chi connectivity index (χ4v) is 3.07. The van der Waals surface area contributed by atoms with Crippen LogP contribution in [0.15, 0.2) is 53.0 Å². The van der Waals surface area contributed by atoms with Crippen molar-refractivity contribution < 1.29 is 14.3 Å². The molecule has 0 aliphatic carbocycles. The van der Waals surface area contributed by atoms with Gasteiger partial charge < -0.3 is 9.47 Å². The average Bonchev–Trinajstić information content (AvgIpc) is 2.56. The van der Waals surface area contributed by atoms with E-state index in [4.69, 9.17) is 9.47 Å². The van der Waals surface area contributed by atoms with Crippen LogP contribution in [-0.2, 0) is 9.53 Å². The van der Waals surface area contributed by atoms with Gasteiger partial charge in [-0.05, 0) is 48.2 Å². The van der Waals surface area contributed by atoms with Crippen molar-refractivity contribution in [2.45, 2.75) is 25.7 Å². The van der Waals surface area contributed by atoms with Gasteiger partial charge in [-0.25, -0.2) is 0 Å². The molecule has 2 aromatic carbocycles. The Bertz CT molecular complexity index is 652. The maximum Gasteiger partial charge on any atom is 0.314 e. The van der Waals surface area contributed by atoms with Gasteiger partial charge in [-0.3, -0.25) is 4.79 Å². The molecule has 0 aliphatic rings. The van der Waals surface area contributed by atoms with Crippen LogP contribution in [0.3, 0.4) is 0 Å². The summed E-state index contributed by atoms with van der Waals surface area (Å²) in [5, 5.41) is 0. The van der Waals surface area contributed by atoms with Gasteiger partial charge in [0.15, 0.2) is 0 Å². The Kier molecular flexibility index (Phi) is 6.22. The van der Waals surface area contributed by atoms with Gasteiger partial charge in [0.2, 0.25) is 0 Å². The molecule has 4 heteroatoms. The molecule has 0 bridgehead atoms. The minimum Gasteiger partial charge on any atom is -0.497 e. The van der Waals surface area contributed by atoms with Gasteiger partial charge in [0.1, 0.15) is 5.75 Å². The van der Waals surface area contributed by atoms with Gasteiger partial charge in [0.25, 0.3) is 0 Å². The predicted octanol–water partition coefficient (Wildman–Crippen LogP) is 4.91. The minimum absolute atomic E-state index is 0.0000510. The topological polar surface area (TPSA) is 35.5 Å². The normalized spacial score (nSPS) is 13.2. The number of benzene rings is 2. The summed E-state index contributed by atoms with van der Waals surface area (Å²) in [6, 6.07) is 15.6. The molecule has 0 heterocycles. The number of hydrogen-bond donors (Lipinski definition) is 0. The van der Waals surface area contributed by atoms with Crippen molar-refractivity contribution in [3.8, 4) is 5.75 Å². The molecule has 0 saturated carbocycles. The summed E-state index contributed by atoms with van der Waals surface area (Å²) in [6.45, 7) is 4.25. The third-order valence-electron chi connectivity index (χ3n) is 3.89. The number of carbonyl (C=O) groups excluding carboxylic acids is 1. The number of halogens is 1. The van der Waals surface area contributed by atoms with Crippen LogP contribution < -0.4 is 4.74 Å². The van der Waals surface area contributed by atoms with Crippen molar-refractivity contribution in [3.05, 3.63) is 64.1 Å². The Morgan fingerprint density at radius 2 is 1.83 bits per heavy atom. The van der Waals surface area contributed by atoms with Gasteiger partial charge in [0, 0.05) is 4.47 Å². The van der Waals surface area contributed by atoms with Crippen LogP contribution in [0.4, 0.5) is 0 Å². The van der Waals surface area contributed by atoms with Crippen molar-refractivity contribution in [2.24, 2.45) is 0 Å².